The molecule has 8 nitrogen and oxygen atoms in total. The SMILES string of the molecule is CC1=C(N2CCC3(CCC(NC[C@H](O)c4ccc5c(c4C)COC5=O)CC3)C2=O)COC1=O. The molecule has 1 aliphatic carbocycles. The number of hydrogen-bond acceptors (Lipinski definition) is 7. The second-order valence-corrected chi connectivity index (χ2v) is 9.72. The summed E-state index contributed by atoms with van der Waals surface area (Å²) in [7, 11) is 0. The topological polar surface area (TPSA) is 105 Å². The fourth-order valence-corrected chi connectivity index (χ4v) is 5.78. The summed E-state index contributed by atoms with van der Waals surface area (Å²) in [6.45, 7) is 5.15. The first-order valence-corrected chi connectivity index (χ1v) is 11.7. The van der Waals surface area contributed by atoms with Crippen molar-refractivity contribution in [3.63, 3.8) is 0 Å². The first-order valence-electron chi connectivity index (χ1n) is 11.7. The van der Waals surface area contributed by atoms with Crippen LogP contribution in [0.4, 0.5) is 0 Å². The second-order valence-electron chi connectivity index (χ2n) is 9.72. The van der Waals surface area contributed by atoms with Crippen molar-refractivity contribution in [2.75, 3.05) is 19.7 Å². The monoisotopic (exact) mass is 454 g/mol. The fourth-order valence-electron chi connectivity index (χ4n) is 5.78. The van der Waals surface area contributed by atoms with E-state index >= 15 is 0 Å². The molecule has 8 heteroatoms. The largest absolute Gasteiger partial charge is 0.457 e. The van der Waals surface area contributed by atoms with Crippen LogP contribution in [0.25, 0.3) is 0 Å². The number of aliphatic hydroxyl groups excluding tert-OH is 1. The van der Waals surface area contributed by atoms with E-state index in [1.54, 1.807) is 17.9 Å². The van der Waals surface area contributed by atoms with Crippen LogP contribution >= 0.6 is 0 Å². The third-order valence-electron chi connectivity index (χ3n) is 8.03. The van der Waals surface area contributed by atoms with Crippen LogP contribution in [0.1, 0.15) is 72.2 Å². The molecule has 0 radical (unpaired) electrons. The minimum Gasteiger partial charge on any atom is -0.457 e. The quantitative estimate of drug-likeness (QED) is 0.658. The first-order chi connectivity index (χ1) is 15.8. The van der Waals surface area contributed by atoms with Gasteiger partial charge < -0.3 is 24.8 Å². The zero-order valence-electron chi connectivity index (χ0n) is 19.1. The number of ether oxygens (including phenoxy) is 2. The number of cyclic esters (lactones) is 2. The molecular weight excluding hydrogens is 424 g/mol. The van der Waals surface area contributed by atoms with E-state index in [-0.39, 0.29) is 42.5 Å². The zero-order chi connectivity index (χ0) is 23.3. The summed E-state index contributed by atoms with van der Waals surface area (Å²) in [5.41, 5.74) is 4.09. The summed E-state index contributed by atoms with van der Waals surface area (Å²) in [6, 6.07) is 3.78. The zero-order valence-corrected chi connectivity index (χ0v) is 19.1. The van der Waals surface area contributed by atoms with Gasteiger partial charge in [-0.05, 0) is 63.1 Å². The highest BCUT2D eigenvalue weighted by Gasteiger charge is 2.50. The van der Waals surface area contributed by atoms with Crippen LogP contribution in [-0.4, -0.2) is 53.6 Å². The highest BCUT2D eigenvalue weighted by molar-refractivity contribution is 5.94. The summed E-state index contributed by atoms with van der Waals surface area (Å²) in [5, 5.41) is 14.3. The number of nitrogens with zero attached hydrogens (tertiary/aromatic N) is 1. The van der Waals surface area contributed by atoms with Gasteiger partial charge in [-0.1, -0.05) is 6.07 Å². The molecule has 1 atom stereocenters. The van der Waals surface area contributed by atoms with Gasteiger partial charge in [0.25, 0.3) is 0 Å². The molecule has 1 spiro atoms. The molecule has 3 aliphatic heterocycles. The van der Waals surface area contributed by atoms with Gasteiger partial charge in [0.15, 0.2) is 0 Å². The summed E-state index contributed by atoms with van der Waals surface area (Å²) in [4.78, 5) is 38.5. The maximum Gasteiger partial charge on any atom is 0.338 e. The van der Waals surface area contributed by atoms with Crippen molar-refractivity contribution in [2.45, 2.75) is 64.7 Å². The fraction of sp³-hybridized carbons (Fsp3) is 0.560. The van der Waals surface area contributed by atoms with Crippen molar-refractivity contribution in [1.29, 1.82) is 0 Å². The number of aliphatic hydroxyl groups is 1. The van der Waals surface area contributed by atoms with Gasteiger partial charge in [-0.3, -0.25) is 4.79 Å². The standard InChI is InChI=1S/C25H30N2O6/c1-14-17(3-4-18-19(14)12-32-23(18)30)21(28)11-26-16-5-7-25(8-6-16)9-10-27(24(25)31)20-13-33-22(29)15(20)2/h3-4,16,21,26,28H,5-13H2,1-2H3/t16?,21-,25?/m0/s1. The smallest absolute Gasteiger partial charge is 0.338 e. The van der Waals surface area contributed by atoms with E-state index in [4.69, 9.17) is 9.47 Å². The van der Waals surface area contributed by atoms with Crippen molar-refractivity contribution in [3.05, 3.63) is 45.7 Å². The minimum atomic E-state index is -0.680. The van der Waals surface area contributed by atoms with Gasteiger partial charge in [0.2, 0.25) is 5.91 Å². The first kappa shape index (κ1) is 22.1. The third kappa shape index (κ3) is 3.65. The van der Waals surface area contributed by atoms with Gasteiger partial charge >= 0.3 is 11.9 Å². The lowest BCUT2D eigenvalue weighted by Crippen LogP contribution is -2.43. The number of hydrogen-bond donors (Lipinski definition) is 2. The van der Waals surface area contributed by atoms with E-state index in [1.807, 2.05) is 13.0 Å². The molecule has 0 bridgehead atoms. The molecule has 2 fully saturated rings. The predicted octanol–water partition coefficient (Wildman–Crippen LogP) is 2.28. The molecule has 1 aromatic rings. The van der Waals surface area contributed by atoms with Gasteiger partial charge in [-0.2, -0.15) is 0 Å². The highest BCUT2D eigenvalue weighted by Crippen LogP contribution is 2.46. The Morgan fingerprint density at radius 2 is 1.82 bits per heavy atom. The lowest BCUT2D eigenvalue weighted by Gasteiger charge is -2.36. The Morgan fingerprint density at radius 3 is 2.52 bits per heavy atom. The number of fused-ring (bicyclic) bond motifs is 1. The molecule has 0 unspecified atom stereocenters. The van der Waals surface area contributed by atoms with Gasteiger partial charge in [0, 0.05) is 24.7 Å². The van der Waals surface area contributed by atoms with Crippen LogP contribution in [0.2, 0.25) is 0 Å². The van der Waals surface area contributed by atoms with Crippen molar-refractivity contribution in [1.82, 2.24) is 10.2 Å². The number of amides is 1. The summed E-state index contributed by atoms with van der Waals surface area (Å²) in [6.07, 6.45) is 3.46. The predicted molar refractivity (Wildman–Crippen MR) is 118 cm³/mol. The number of benzene rings is 1. The van der Waals surface area contributed by atoms with E-state index < -0.39 is 6.10 Å². The van der Waals surface area contributed by atoms with E-state index in [2.05, 4.69) is 5.32 Å². The molecule has 1 saturated heterocycles. The van der Waals surface area contributed by atoms with Crippen molar-refractivity contribution in [3.8, 4) is 0 Å². The number of carbonyl (C=O) groups excluding carboxylic acids is 3. The van der Waals surface area contributed by atoms with Gasteiger partial charge in [-0.25, -0.2) is 9.59 Å². The van der Waals surface area contributed by atoms with Gasteiger partial charge in [0.1, 0.15) is 13.2 Å². The normalized spacial score (nSPS) is 27.9. The Labute approximate surface area is 192 Å². The number of rotatable bonds is 5. The summed E-state index contributed by atoms with van der Waals surface area (Å²) >= 11 is 0. The average molecular weight is 455 g/mol. The van der Waals surface area contributed by atoms with Crippen molar-refractivity contribution in [2.24, 2.45) is 5.41 Å². The number of esters is 2. The molecular formula is C25H30N2O6. The van der Waals surface area contributed by atoms with E-state index in [9.17, 15) is 19.5 Å². The van der Waals surface area contributed by atoms with Crippen LogP contribution in [0.15, 0.2) is 23.4 Å². The maximum absolute atomic E-state index is 13.3. The molecule has 3 heterocycles. The van der Waals surface area contributed by atoms with Gasteiger partial charge in [-0.15, -0.1) is 0 Å². The van der Waals surface area contributed by atoms with Crippen LogP contribution in [0.5, 0.6) is 0 Å². The molecule has 0 aromatic heterocycles. The number of carbonyl (C=O) groups is 3. The van der Waals surface area contributed by atoms with Crippen LogP contribution in [0, 0.1) is 12.3 Å². The molecule has 1 aromatic carbocycles. The lowest BCUT2D eigenvalue weighted by atomic mass is 9.71. The second kappa shape index (κ2) is 8.25. The Bertz CT molecular complexity index is 1050. The molecule has 176 valence electrons. The Morgan fingerprint density at radius 1 is 1.09 bits per heavy atom. The Kier molecular flexibility index (Phi) is 5.53. The number of likely N-dealkylation sites (tertiary alicyclic amines) is 1. The van der Waals surface area contributed by atoms with Crippen LogP contribution in [-0.2, 0) is 25.7 Å². The van der Waals surface area contributed by atoms with Crippen LogP contribution in [0.3, 0.4) is 0 Å². The van der Waals surface area contributed by atoms with Crippen molar-refractivity contribution >= 4 is 17.8 Å². The maximum atomic E-state index is 13.3. The van der Waals surface area contributed by atoms with Crippen LogP contribution < -0.4 is 5.32 Å². The highest BCUT2D eigenvalue weighted by atomic mass is 16.5. The minimum absolute atomic E-state index is 0.124. The van der Waals surface area contributed by atoms with E-state index in [1.165, 1.54) is 0 Å². The summed E-state index contributed by atoms with van der Waals surface area (Å²) < 4.78 is 10.2. The number of nitrogens with one attached hydrogen (secondary N) is 1. The molecule has 5 rings (SSSR count). The Balaban J connectivity index is 1.17. The van der Waals surface area contributed by atoms with E-state index in [0.717, 1.165) is 54.5 Å². The molecule has 1 amide bonds. The third-order valence-corrected chi connectivity index (χ3v) is 8.03. The summed E-state index contributed by atoms with van der Waals surface area (Å²) in [5.74, 6) is -0.510. The molecule has 33 heavy (non-hydrogen) atoms. The van der Waals surface area contributed by atoms with E-state index in [0.29, 0.717) is 24.2 Å². The average Bonchev–Trinajstić information content (AvgIpc) is 3.45. The molecule has 2 N–H and O–H groups in total. The molecule has 1 saturated carbocycles. The lowest BCUT2D eigenvalue weighted by molar-refractivity contribution is -0.138. The van der Waals surface area contributed by atoms with Crippen molar-refractivity contribution < 1.29 is 29.0 Å². The Hall–Kier alpha value is -2.71. The molecule has 4 aliphatic rings. The van der Waals surface area contributed by atoms with Gasteiger partial charge in [0.05, 0.1) is 28.4 Å².